The van der Waals surface area contributed by atoms with E-state index in [0.29, 0.717) is 12.3 Å². The van der Waals surface area contributed by atoms with Gasteiger partial charge in [-0.1, -0.05) is 0 Å². The molecule has 2 fully saturated rings. The normalized spacial score (nSPS) is 32.5. The Kier molecular flexibility index (Phi) is 3.82. The molecule has 2 N–H and O–H groups in total. The predicted molar refractivity (Wildman–Crippen MR) is 78.7 cm³/mol. The van der Waals surface area contributed by atoms with Crippen LogP contribution in [-0.4, -0.2) is 38.2 Å². The monoisotopic (exact) mass is 298 g/mol. The van der Waals surface area contributed by atoms with E-state index in [1.807, 2.05) is 11.8 Å². The van der Waals surface area contributed by atoms with Gasteiger partial charge >= 0.3 is 0 Å². The van der Waals surface area contributed by atoms with Gasteiger partial charge in [0.2, 0.25) is 0 Å². The van der Waals surface area contributed by atoms with Gasteiger partial charge in [0.15, 0.2) is 0 Å². The van der Waals surface area contributed by atoms with Crippen LogP contribution in [0.5, 0.6) is 0 Å². The molecule has 6 heteroatoms. The van der Waals surface area contributed by atoms with Crippen molar-refractivity contribution in [3.63, 3.8) is 0 Å². The second kappa shape index (κ2) is 5.42. The van der Waals surface area contributed by atoms with E-state index >= 15 is 0 Å². The first-order chi connectivity index (χ1) is 9.20. The van der Waals surface area contributed by atoms with E-state index in [-0.39, 0.29) is 10.9 Å². The first-order valence-corrected chi connectivity index (χ1v) is 8.89. The van der Waals surface area contributed by atoms with E-state index in [9.17, 15) is 4.21 Å². The molecule has 0 radical (unpaired) electrons. The van der Waals surface area contributed by atoms with Gasteiger partial charge in [-0.3, -0.25) is 9.19 Å². The summed E-state index contributed by atoms with van der Waals surface area (Å²) in [7, 11) is -1.06. The Labute approximate surface area is 120 Å². The number of nitrogen functional groups attached to an aromatic ring is 1. The topological polar surface area (TPSA) is 65.2 Å². The van der Waals surface area contributed by atoms with Crippen LogP contribution in [0.4, 0.5) is 5.69 Å². The van der Waals surface area contributed by atoms with E-state index in [4.69, 9.17) is 10.5 Å². The quantitative estimate of drug-likeness (QED) is 0.902. The fourth-order valence-corrected chi connectivity index (χ4v) is 5.77. The third-order valence-electron chi connectivity index (χ3n) is 3.84. The van der Waals surface area contributed by atoms with Gasteiger partial charge < -0.3 is 10.5 Å². The average Bonchev–Trinajstić information content (AvgIpc) is 2.86. The number of hydrogen-bond acceptors (Lipinski definition) is 5. The van der Waals surface area contributed by atoms with Crippen LogP contribution in [-0.2, 0) is 15.5 Å². The molecule has 3 atom stereocenters. The van der Waals surface area contributed by atoms with Crippen LogP contribution in [0.25, 0.3) is 0 Å². The molecule has 1 aromatic rings. The largest absolute Gasteiger partial charge is 0.396 e. The second-order valence-electron chi connectivity index (χ2n) is 5.16. The van der Waals surface area contributed by atoms with Crippen LogP contribution in [0.1, 0.15) is 19.3 Å². The zero-order valence-electron chi connectivity index (χ0n) is 10.7. The molecule has 1 spiro atoms. The van der Waals surface area contributed by atoms with Crippen molar-refractivity contribution in [3.05, 3.63) is 18.5 Å². The average molecular weight is 298 g/mol. The first kappa shape index (κ1) is 13.4. The number of nitrogens with two attached hydrogens (primary N) is 1. The SMILES string of the molecule is Nc1cnccc1S(=O)C1CCOC2(CCSC2)C1. The van der Waals surface area contributed by atoms with Gasteiger partial charge in [-0.2, -0.15) is 11.8 Å². The van der Waals surface area contributed by atoms with E-state index in [1.54, 1.807) is 18.5 Å². The lowest BCUT2D eigenvalue weighted by Crippen LogP contribution is -2.43. The van der Waals surface area contributed by atoms with Crippen molar-refractivity contribution in [2.75, 3.05) is 23.8 Å². The van der Waals surface area contributed by atoms with Crippen molar-refractivity contribution in [1.29, 1.82) is 0 Å². The van der Waals surface area contributed by atoms with Gasteiger partial charge in [-0.25, -0.2) is 0 Å². The molecule has 0 bridgehead atoms. The molecule has 3 heterocycles. The predicted octanol–water partition coefficient (Wildman–Crippen LogP) is 1.83. The molecule has 3 unspecified atom stereocenters. The highest BCUT2D eigenvalue weighted by molar-refractivity contribution is 7.99. The van der Waals surface area contributed by atoms with Gasteiger partial charge in [0, 0.05) is 23.8 Å². The zero-order chi connectivity index (χ0) is 13.3. The smallest absolute Gasteiger partial charge is 0.0791 e. The van der Waals surface area contributed by atoms with E-state index in [1.165, 1.54) is 0 Å². The van der Waals surface area contributed by atoms with E-state index in [2.05, 4.69) is 4.98 Å². The molecular formula is C13H18N2O2S2. The standard InChI is InChI=1S/C13H18N2O2S2/c14-11-8-15-4-1-12(11)19(16)10-2-5-17-13(7-10)3-6-18-9-13/h1,4,8,10H,2-3,5-7,9,14H2. The third-order valence-corrected chi connectivity index (χ3v) is 6.88. The summed E-state index contributed by atoms with van der Waals surface area (Å²) in [5, 5.41) is 0.150. The maximum absolute atomic E-state index is 12.7. The van der Waals surface area contributed by atoms with E-state index < -0.39 is 10.8 Å². The summed E-state index contributed by atoms with van der Waals surface area (Å²) >= 11 is 1.93. The highest BCUT2D eigenvalue weighted by Crippen LogP contribution is 2.40. The van der Waals surface area contributed by atoms with Gasteiger partial charge in [-0.15, -0.1) is 0 Å². The van der Waals surface area contributed by atoms with Crippen molar-refractivity contribution < 1.29 is 8.95 Å². The highest BCUT2D eigenvalue weighted by atomic mass is 32.2. The third kappa shape index (κ3) is 2.66. The molecule has 2 aliphatic rings. The summed E-state index contributed by atoms with van der Waals surface area (Å²) in [6.07, 6.45) is 6.05. The lowest BCUT2D eigenvalue weighted by atomic mass is 9.93. The lowest BCUT2D eigenvalue weighted by molar-refractivity contribution is -0.0567. The van der Waals surface area contributed by atoms with Crippen LogP contribution >= 0.6 is 11.8 Å². The number of rotatable bonds is 2. The minimum atomic E-state index is -1.06. The molecule has 3 rings (SSSR count). The zero-order valence-corrected chi connectivity index (χ0v) is 12.3. The number of thioether (sulfide) groups is 1. The summed E-state index contributed by atoms with van der Waals surface area (Å²) in [5.41, 5.74) is 6.38. The minimum Gasteiger partial charge on any atom is -0.396 e. The molecular weight excluding hydrogens is 280 g/mol. The van der Waals surface area contributed by atoms with Crippen LogP contribution < -0.4 is 5.73 Å². The molecule has 19 heavy (non-hydrogen) atoms. The van der Waals surface area contributed by atoms with Crippen molar-refractivity contribution >= 4 is 28.2 Å². The minimum absolute atomic E-state index is 0.0367. The van der Waals surface area contributed by atoms with Crippen LogP contribution in [0.2, 0.25) is 0 Å². The van der Waals surface area contributed by atoms with Crippen molar-refractivity contribution in [2.24, 2.45) is 0 Å². The van der Waals surface area contributed by atoms with Gasteiger partial charge in [0.25, 0.3) is 0 Å². The Morgan fingerprint density at radius 2 is 2.47 bits per heavy atom. The second-order valence-corrected chi connectivity index (χ2v) is 7.97. The molecule has 0 amide bonds. The number of hydrogen-bond donors (Lipinski definition) is 1. The van der Waals surface area contributed by atoms with Gasteiger partial charge in [-0.05, 0) is 31.1 Å². The molecule has 4 nitrogen and oxygen atoms in total. The lowest BCUT2D eigenvalue weighted by Gasteiger charge is -2.37. The summed E-state index contributed by atoms with van der Waals surface area (Å²) in [6, 6.07) is 1.77. The van der Waals surface area contributed by atoms with Crippen molar-refractivity contribution in [3.8, 4) is 0 Å². The van der Waals surface area contributed by atoms with Gasteiger partial charge in [0.1, 0.15) is 0 Å². The Morgan fingerprint density at radius 3 is 3.21 bits per heavy atom. The first-order valence-electron chi connectivity index (χ1n) is 6.52. The number of nitrogens with zero attached hydrogens (tertiary/aromatic N) is 1. The van der Waals surface area contributed by atoms with Crippen LogP contribution in [0.15, 0.2) is 23.4 Å². The Bertz CT molecular complexity index is 489. The molecule has 0 aliphatic carbocycles. The molecule has 2 saturated heterocycles. The summed E-state index contributed by atoms with van der Waals surface area (Å²) in [6.45, 7) is 0.710. The molecule has 1 aromatic heterocycles. The Balaban J connectivity index is 1.78. The fourth-order valence-electron chi connectivity index (χ4n) is 2.79. The summed E-state index contributed by atoms with van der Waals surface area (Å²) < 4.78 is 18.7. The Morgan fingerprint density at radius 1 is 1.58 bits per heavy atom. The summed E-state index contributed by atoms with van der Waals surface area (Å²) in [5.74, 6) is 2.18. The number of ether oxygens (including phenoxy) is 1. The summed E-state index contributed by atoms with van der Waals surface area (Å²) in [4.78, 5) is 4.68. The van der Waals surface area contributed by atoms with Gasteiger partial charge in [0.05, 0.1) is 33.2 Å². The van der Waals surface area contributed by atoms with Crippen LogP contribution in [0.3, 0.4) is 0 Å². The molecule has 0 saturated carbocycles. The molecule has 2 aliphatic heterocycles. The molecule has 0 aromatic carbocycles. The number of anilines is 1. The van der Waals surface area contributed by atoms with Crippen molar-refractivity contribution in [2.45, 2.75) is 35.0 Å². The molecule has 104 valence electrons. The highest BCUT2D eigenvalue weighted by Gasteiger charge is 2.42. The maximum atomic E-state index is 12.7. The Hall–Kier alpha value is -0.590. The van der Waals surface area contributed by atoms with E-state index in [0.717, 1.165) is 35.7 Å². The fraction of sp³-hybridized carbons (Fsp3) is 0.615. The van der Waals surface area contributed by atoms with Crippen LogP contribution in [0, 0.1) is 0 Å². The maximum Gasteiger partial charge on any atom is 0.0791 e. The number of aromatic nitrogens is 1. The van der Waals surface area contributed by atoms with Crippen molar-refractivity contribution in [1.82, 2.24) is 4.98 Å². The number of pyridine rings is 1.